The summed E-state index contributed by atoms with van der Waals surface area (Å²) >= 11 is 0. The lowest BCUT2D eigenvalue weighted by atomic mass is 10.1. The summed E-state index contributed by atoms with van der Waals surface area (Å²) < 4.78 is 0. The molecule has 0 saturated heterocycles. The maximum atomic E-state index is 5.70. The molecular formula is C14H27N5. The molecule has 0 aromatic carbocycles. The predicted octanol–water partition coefficient (Wildman–Crippen LogP) is 3.26. The first-order valence-corrected chi connectivity index (χ1v) is 7.30. The third-order valence-corrected chi connectivity index (χ3v) is 2.99. The zero-order valence-corrected chi connectivity index (χ0v) is 12.4. The van der Waals surface area contributed by atoms with Gasteiger partial charge in [-0.15, -0.1) is 0 Å². The van der Waals surface area contributed by atoms with Crippen LogP contribution < -0.4 is 16.4 Å². The van der Waals surface area contributed by atoms with Crippen LogP contribution in [0.25, 0.3) is 0 Å². The van der Waals surface area contributed by atoms with Gasteiger partial charge in [0.25, 0.3) is 0 Å². The van der Waals surface area contributed by atoms with E-state index in [4.69, 9.17) is 5.73 Å². The molecule has 0 aliphatic carbocycles. The van der Waals surface area contributed by atoms with Crippen LogP contribution in [-0.4, -0.2) is 22.6 Å². The van der Waals surface area contributed by atoms with Gasteiger partial charge in [0.05, 0.1) is 0 Å². The Morgan fingerprint density at radius 3 is 2.58 bits per heavy atom. The van der Waals surface area contributed by atoms with Gasteiger partial charge in [0.2, 0.25) is 5.95 Å². The summed E-state index contributed by atoms with van der Waals surface area (Å²) in [5.41, 5.74) is 5.70. The van der Waals surface area contributed by atoms with E-state index in [0.717, 1.165) is 24.6 Å². The Kier molecular flexibility index (Phi) is 7.00. The first-order chi connectivity index (χ1) is 9.15. The highest BCUT2D eigenvalue weighted by molar-refractivity contribution is 5.51. The fraction of sp³-hybridized carbons (Fsp3) is 0.714. The molecule has 0 spiro atoms. The summed E-state index contributed by atoms with van der Waals surface area (Å²) in [6.07, 6.45) is 6.30. The van der Waals surface area contributed by atoms with Crippen LogP contribution in [0.2, 0.25) is 0 Å². The Morgan fingerprint density at radius 2 is 1.89 bits per heavy atom. The number of nitrogens with one attached hydrogen (secondary N) is 2. The lowest BCUT2D eigenvalue weighted by molar-refractivity contribution is 0.593. The first-order valence-electron chi connectivity index (χ1n) is 7.30. The maximum Gasteiger partial charge on any atom is 0.223 e. The predicted molar refractivity (Wildman–Crippen MR) is 82.5 cm³/mol. The van der Waals surface area contributed by atoms with Gasteiger partial charge < -0.3 is 16.4 Å². The number of nitrogens with two attached hydrogens (primary N) is 1. The molecule has 0 amide bonds. The summed E-state index contributed by atoms with van der Waals surface area (Å²) in [5, 5.41) is 6.54. The van der Waals surface area contributed by atoms with Crippen LogP contribution >= 0.6 is 0 Å². The van der Waals surface area contributed by atoms with Crippen molar-refractivity contribution in [2.45, 2.75) is 58.9 Å². The largest absolute Gasteiger partial charge is 0.370 e. The molecule has 1 heterocycles. The van der Waals surface area contributed by atoms with E-state index in [1.54, 1.807) is 0 Å². The molecule has 19 heavy (non-hydrogen) atoms. The highest BCUT2D eigenvalue weighted by atomic mass is 15.1. The molecule has 0 saturated carbocycles. The van der Waals surface area contributed by atoms with Crippen molar-refractivity contribution in [2.24, 2.45) is 0 Å². The number of unbranched alkanes of at least 4 members (excludes halogenated alkanes) is 3. The smallest absolute Gasteiger partial charge is 0.223 e. The van der Waals surface area contributed by atoms with Gasteiger partial charge in [-0.25, -0.2) is 0 Å². The van der Waals surface area contributed by atoms with Gasteiger partial charge in [0.1, 0.15) is 11.6 Å². The average molecular weight is 265 g/mol. The topological polar surface area (TPSA) is 75.9 Å². The summed E-state index contributed by atoms with van der Waals surface area (Å²) in [4.78, 5) is 8.35. The lowest BCUT2D eigenvalue weighted by Gasteiger charge is -2.15. The molecule has 1 atom stereocenters. The molecule has 1 rings (SSSR count). The molecule has 1 aromatic rings. The monoisotopic (exact) mass is 265 g/mol. The fourth-order valence-corrected chi connectivity index (χ4v) is 2.01. The number of nitrogen functional groups attached to an aromatic ring is 1. The normalized spacial score (nSPS) is 12.2. The van der Waals surface area contributed by atoms with E-state index in [2.05, 4.69) is 34.4 Å². The molecule has 1 aromatic heterocycles. The van der Waals surface area contributed by atoms with Gasteiger partial charge >= 0.3 is 0 Å². The zero-order chi connectivity index (χ0) is 14.1. The van der Waals surface area contributed by atoms with Crippen molar-refractivity contribution < 1.29 is 0 Å². The molecule has 5 heteroatoms. The third kappa shape index (κ3) is 6.27. The van der Waals surface area contributed by atoms with Crippen molar-refractivity contribution >= 4 is 17.6 Å². The zero-order valence-electron chi connectivity index (χ0n) is 12.4. The second-order valence-electron chi connectivity index (χ2n) is 4.92. The minimum atomic E-state index is 0.305. The lowest BCUT2D eigenvalue weighted by Crippen LogP contribution is -2.17. The summed E-state index contributed by atoms with van der Waals surface area (Å²) in [6.45, 7) is 7.26. The van der Waals surface area contributed by atoms with E-state index in [1.807, 2.05) is 13.0 Å². The number of nitrogens with zero attached hydrogens (tertiary/aromatic N) is 2. The third-order valence-electron chi connectivity index (χ3n) is 2.99. The summed E-state index contributed by atoms with van der Waals surface area (Å²) in [5.74, 6) is 1.88. The quantitative estimate of drug-likeness (QED) is 0.597. The Labute approximate surface area is 116 Å². The number of aromatic nitrogens is 2. The van der Waals surface area contributed by atoms with Crippen molar-refractivity contribution in [1.82, 2.24) is 9.97 Å². The Balaban J connectivity index is 2.46. The molecular weight excluding hydrogens is 238 g/mol. The van der Waals surface area contributed by atoms with Gasteiger partial charge in [-0.3, -0.25) is 0 Å². The van der Waals surface area contributed by atoms with Crippen molar-refractivity contribution in [2.75, 3.05) is 22.9 Å². The van der Waals surface area contributed by atoms with E-state index >= 15 is 0 Å². The van der Waals surface area contributed by atoms with E-state index in [1.165, 1.54) is 25.7 Å². The molecule has 0 radical (unpaired) electrons. The maximum absolute atomic E-state index is 5.70. The first kappa shape index (κ1) is 15.5. The second kappa shape index (κ2) is 8.56. The average Bonchev–Trinajstić information content (AvgIpc) is 2.34. The SMILES string of the molecule is CCCCCCC(C)Nc1cc(NCC)nc(N)n1. The highest BCUT2D eigenvalue weighted by Gasteiger charge is 2.06. The van der Waals surface area contributed by atoms with Gasteiger partial charge in [0, 0.05) is 18.7 Å². The number of hydrogen-bond acceptors (Lipinski definition) is 5. The van der Waals surface area contributed by atoms with Crippen LogP contribution in [0.4, 0.5) is 17.6 Å². The van der Waals surface area contributed by atoms with Crippen molar-refractivity contribution in [3.05, 3.63) is 6.07 Å². The van der Waals surface area contributed by atoms with E-state index < -0.39 is 0 Å². The number of hydrogen-bond donors (Lipinski definition) is 3. The van der Waals surface area contributed by atoms with Crippen LogP contribution in [0.15, 0.2) is 6.07 Å². The van der Waals surface area contributed by atoms with Crippen molar-refractivity contribution in [3.63, 3.8) is 0 Å². The molecule has 0 fully saturated rings. The number of anilines is 3. The molecule has 0 aliphatic heterocycles. The van der Waals surface area contributed by atoms with Gasteiger partial charge in [0.15, 0.2) is 0 Å². The summed E-state index contributed by atoms with van der Waals surface area (Å²) in [7, 11) is 0. The minimum absolute atomic E-state index is 0.305. The van der Waals surface area contributed by atoms with Crippen LogP contribution in [0.1, 0.15) is 52.9 Å². The van der Waals surface area contributed by atoms with E-state index in [9.17, 15) is 0 Å². The molecule has 0 aliphatic rings. The van der Waals surface area contributed by atoms with Crippen LogP contribution in [0.5, 0.6) is 0 Å². The van der Waals surface area contributed by atoms with Crippen LogP contribution in [0, 0.1) is 0 Å². The highest BCUT2D eigenvalue weighted by Crippen LogP contribution is 2.15. The van der Waals surface area contributed by atoms with Crippen molar-refractivity contribution in [3.8, 4) is 0 Å². The van der Waals surface area contributed by atoms with Gasteiger partial charge in [-0.1, -0.05) is 32.6 Å². The molecule has 0 bridgehead atoms. The fourth-order valence-electron chi connectivity index (χ4n) is 2.01. The van der Waals surface area contributed by atoms with Crippen LogP contribution in [-0.2, 0) is 0 Å². The standard InChI is InChI=1S/C14H27N5/c1-4-6-7-8-9-11(3)17-13-10-12(16-5-2)18-14(15)19-13/h10-11H,4-9H2,1-3H3,(H4,15,16,17,18,19). The molecule has 1 unspecified atom stereocenters. The molecule has 4 N–H and O–H groups in total. The van der Waals surface area contributed by atoms with E-state index in [0.29, 0.717) is 12.0 Å². The Hall–Kier alpha value is -1.52. The Morgan fingerprint density at radius 1 is 1.16 bits per heavy atom. The molecule has 108 valence electrons. The van der Waals surface area contributed by atoms with Gasteiger partial charge in [-0.05, 0) is 20.3 Å². The molecule has 5 nitrogen and oxygen atoms in total. The minimum Gasteiger partial charge on any atom is -0.370 e. The van der Waals surface area contributed by atoms with Gasteiger partial charge in [-0.2, -0.15) is 9.97 Å². The second-order valence-corrected chi connectivity index (χ2v) is 4.92. The van der Waals surface area contributed by atoms with Crippen molar-refractivity contribution in [1.29, 1.82) is 0 Å². The van der Waals surface area contributed by atoms with Crippen LogP contribution in [0.3, 0.4) is 0 Å². The number of rotatable bonds is 9. The van der Waals surface area contributed by atoms with E-state index in [-0.39, 0.29) is 0 Å². The Bertz CT molecular complexity index is 367. The summed E-state index contributed by atoms with van der Waals surface area (Å²) in [6, 6.07) is 2.31.